The first-order valence-corrected chi connectivity index (χ1v) is 7.20. The van der Waals surface area contributed by atoms with Gasteiger partial charge in [0.2, 0.25) is 10.0 Å². The van der Waals surface area contributed by atoms with E-state index in [0.717, 1.165) is 6.07 Å². The summed E-state index contributed by atoms with van der Waals surface area (Å²) in [6.07, 6.45) is 4.36. The van der Waals surface area contributed by atoms with Crippen molar-refractivity contribution >= 4 is 16.0 Å². The molecule has 1 atom stereocenters. The highest BCUT2D eigenvalue weighted by atomic mass is 32.2. The molecule has 0 saturated carbocycles. The van der Waals surface area contributed by atoms with Gasteiger partial charge in [0.05, 0.1) is 6.20 Å². The first kappa shape index (κ1) is 14.3. The minimum Gasteiger partial charge on any atom is -0.477 e. The van der Waals surface area contributed by atoms with E-state index in [1.807, 2.05) is 0 Å². The first-order chi connectivity index (χ1) is 9.31. The number of carboxylic acid groups (broad SMARTS) is 1. The number of nitrogens with zero attached hydrogens (tertiary/aromatic N) is 2. The second kappa shape index (κ2) is 5.10. The molecule has 3 N–H and O–H groups in total. The highest BCUT2D eigenvalue weighted by Gasteiger charge is 2.22. The summed E-state index contributed by atoms with van der Waals surface area (Å²) in [5, 5.41) is 15.3. The number of carbonyl (C=O) groups is 1. The number of aromatic amines is 1. The summed E-state index contributed by atoms with van der Waals surface area (Å²) in [4.78, 5) is 10.8. The number of sulfonamides is 1. The van der Waals surface area contributed by atoms with E-state index in [1.54, 1.807) is 13.1 Å². The lowest BCUT2D eigenvalue weighted by Crippen LogP contribution is -2.26. The summed E-state index contributed by atoms with van der Waals surface area (Å²) in [7, 11) is -2.32. The highest BCUT2D eigenvalue weighted by Crippen LogP contribution is 2.17. The van der Waals surface area contributed by atoms with Crippen LogP contribution in [0, 0.1) is 0 Å². The monoisotopic (exact) mass is 298 g/mol. The van der Waals surface area contributed by atoms with E-state index in [4.69, 9.17) is 5.11 Å². The molecule has 0 aliphatic heterocycles. The van der Waals surface area contributed by atoms with Crippen molar-refractivity contribution in [1.29, 1.82) is 0 Å². The van der Waals surface area contributed by atoms with Crippen molar-refractivity contribution in [2.24, 2.45) is 7.05 Å². The van der Waals surface area contributed by atoms with Gasteiger partial charge in [0.15, 0.2) is 0 Å². The van der Waals surface area contributed by atoms with Gasteiger partial charge in [0.25, 0.3) is 0 Å². The average molecular weight is 298 g/mol. The Labute approximate surface area is 115 Å². The van der Waals surface area contributed by atoms with Crippen LogP contribution in [0.25, 0.3) is 0 Å². The summed E-state index contributed by atoms with van der Waals surface area (Å²) in [6.45, 7) is 1.67. The fraction of sp³-hybridized carbons (Fsp3) is 0.273. The Morgan fingerprint density at radius 3 is 2.75 bits per heavy atom. The van der Waals surface area contributed by atoms with E-state index in [0.29, 0.717) is 5.56 Å². The summed E-state index contributed by atoms with van der Waals surface area (Å²) < 4.78 is 28.1. The molecule has 0 bridgehead atoms. The third kappa shape index (κ3) is 2.73. The van der Waals surface area contributed by atoms with Crippen LogP contribution < -0.4 is 4.72 Å². The Morgan fingerprint density at radius 2 is 2.25 bits per heavy atom. The molecule has 0 aliphatic carbocycles. The Bertz CT molecular complexity index is 718. The molecule has 0 fully saturated rings. The number of rotatable bonds is 5. The molecule has 0 radical (unpaired) electrons. The first-order valence-electron chi connectivity index (χ1n) is 5.72. The summed E-state index contributed by atoms with van der Waals surface area (Å²) in [5.41, 5.74) is 0.587. The molecule has 0 saturated heterocycles. The molecule has 2 heterocycles. The zero-order valence-corrected chi connectivity index (χ0v) is 11.7. The predicted octanol–water partition coefficient (Wildman–Crippen LogP) is 0.486. The molecule has 2 aromatic heterocycles. The highest BCUT2D eigenvalue weighted by molar-refractivity contribution is 7.89. The molecule has 8 nitrogen and oxygen atoms in total. The van der Waals surface area contributed by atoms with Crippen molar-refractivity contribution in [3.05, 3.63) is 35.9 Å². The zero-order valence-electron chi connectivity index (χ0n) is 10.9. The number of aromatic carboxylic acids is 1. The molecule has 2 rings (SSSR count). The third-order valence-corrected chi connectivity index (χ3v) is 4.37. The normalized spacial score (nSPS) is 13.3. The number of carboxylic acids is 1. The van der Waals surface area contributed by atoms with Crippen molar-refractivity contribution in [3.8, 4) is 0 Å². The molecule has 2 aromatic rings. The van der Waals surface area contributed by atoms with Crippen LogP contribution >= 0.6 is 0 Å². The van der Waals surface area contributed by atoms with Crippen LogP contribution in [-0.4, -0.2) is 34.3 Å². The lowest BCUT2D eigenvalue weighted by Gasteiger charge is -2.11. The van der Waals surface area contributed by atoms with E-state index in [1.165, 1.54) is 24.0 Å². The van der Waals surface area contributed by atoms with Crippen molar-refractivity contribution in [3.63, 3.8) is 0 Å². The van der Waals surface area contributed by atoms with Crippen molar-refractivity contribution in [2.75, 3.05) is 0 Å². The predicted molar refractivity (Wildman–Crippen MR) is 69.7 cm³/mol. The van der Waals surface area contributed by atoms with Crippen LogP contribution in [0.3, 0.4) is 0 Å². The van der Waals surface area contributed by atoms with Gasteiger partial charge in [0.1, 0.15) is 10.6 Å². The molecule has 20 heavy (non-hydrogen) atoms. The maximum absolute atomic E-state index is 12.2. The van der Waals surface area contributed by atoms with E-state index < -0.39 is 22.0 Å². The maximum Gasteiger partial charge on any atom is 0.352 e. The number of H-pyrrole nitrogens is 1. The minimum absolute atomic E-state index is 0.0901. The molecule has 0 spiro atoms. The van der Waals surface area contributed by atoms with E-state index >= 15 is 0 Å². The van der Waals surface area contributed by atoms with Crippen LogP contribution in [-0.2, 0) is 17.1 Å². The zero-order chi connectivity index (χ0) is 14.9. The number of hydrogen-bond donors (Lipinski definition) is 3. The third-order valence-electron chi connectivity index (χ3n) is 2.86. The second-order valence-corrected chi connectivity index (χ2v) is 6.07. The van der Waals surface area contributed by atoms with Gasteiger partial charge in [-0.1, -0.05) is 0 Å². The van der Waals surface area contributed by atoms with Gasteiger partial charge in [-0.3, -0.25) is 5.10 Å². The lowest BCUT2D eigenvalue weighted by molar-refractivity contribution is 0.0686. The number of aryl methyl sites for hydroxylation is 1. The molecule has 0 aliphatic rings. The quantitative estimate of drug-likeness (QED) is 0.742. The molecule has 108 valence electrons. The second-order valence-electron chi connectivity index (χ2n) is 4.35. The molecule has 0 amide bonds. The smallest absolute Gasteiger partial charge is 0.352 e. The summed E-state index contributed by atoms with van der Waals surface area (Å²) >= 11 is 0. The Hall–Kier alpha value is -2.13. The van der Waals surface area contributed by atoms with E-state index in [2.05, 4.69) is 14.9 Å². The number of hydrogen-bond acceptors (Lipinski definition) is 4. The van der Waals surface area contributed by atoms with E-state index in [-0.39, 0.29) is 10.6 Å². The minimum atomic E-state index is -3.80. The van der Waals surface area contributed by atoms with Crippen LogP contribution in [0.15, 0.2) is 29.6 Å². The topological polar surface area (TPSA) is 117 Å². The largest absolute Gasteiger partial charge is 0.477 e. The number of aromatic nitrogens is 3. The fourth-order valence-electron chi connectivity index (χ4n) is 1.76. The van der Waals surface area contributed by atoms with Gasteiger partial charge in [-0.2, -0.15) is 5.10 Å². The molecular weight excluding hydrogens is 284 g/mol. The van der Waals surface area contributed by atoms with Gasteiger partial charge in [0, 0.05) is 31.0 Å². The van der Waals surface area contributed by atoms with Gasteiger partial charge >= 0.3 is 5.97 Å². The Kier molecular flexibility index (Phi) is 3.64. The average Bonchev–Trinajstić information content (AvgIpc) is 2.96. The van der Waals surface area contributed by atoms with Gasteiger partial charge in [-0.05, 0) is 13.0 Å². The van der Waals surface area contributed by atoms with E-state index in [9.17, 15) is 13.2 Å². The van der Waals surface area contributed by atoms with Crippen molar-refractivity contribution in [2.45, 2.75) is 17.9 Å². The maximum atomic E-state index is 12.2. The molecule has 1 unspecified atom stereocenters. The SMILES string of the molecule is CC(NS(=O)(=O)c1cc(C(=O)O)n(C)c1)c1cn[nH]c1. The Balaban J connectivity index is 2.27. The fourth-order valence-corrected chi connectivity index (χ4v) is 3.06. The van der Waals surface area contributed by atoms with Gasteiger partial charge in [-0.25, -0.2) is 17.9 Å². The van der Waals surface area contributed by atoms with Crippen LogP contribution in [0.1, 0.15) is 29.0 Å². The Morgan fingerprint density at radius 1 is 1.55 bits per heavy atom. The molecular formula is C11H14N4O4S. The lowest BCUT2D eigenvalue weighted by atomic mass is 10.2. The van der Waals surface area contributed by atoms with Gasteiger partial charge in [-0.15, -0.1) is 0 Å². The van der Waals surface area contributed by atoms with Crippen LogP contribution in [0.5, 0.6) is 0 Å². The molecule has 9 heteroatoms. The summed E-state index contributed by atoms with van der Waals surface area (Å²) in [6, 6.07) is 0.638. The van der Waals surface area contributed by atoms with Crippen molar-refractivity contribution < 1.29 is 18.3 Å². The number of nitrogens with one attached hydrogen (secondary N) is 2. The summed E-state index contributed by atoms with van der Waals surface area (Å²) in [5.74, 6) is -1.18. The molecule has 0 aromatic carbocycles. The van der Waals surface area contributed by atoms with Crippen LogP contribution in [0.2, 0.25) is 0 Å². The van der Waals surface area contributed by atoms with Gasteiger partial charge < -0.3 is 9.67 Å². The van der Waals surface area contributed by atoms with Crippen molar-refractivity contribution in [1.82, 2.24) is 19.5 Å². The van der Waals surface area contributed by atoms with Crippen LogP contribution in [0.4, 0.5) is 0 Å². The standard InChI is InChI=1S/C11H14N4O4S/c1-7(8-4-12-13-5-8)14-20(18,19)9-3-10(11(16)17)15(2)6-9/h3-7,14H,1-2H3,(H,12,13)(H,16,17).